The number of benzene rings is 2. The second-order valence-corrected chi connectivity index (χ2v) is 5.82. The van der Waals surface area contributed by atoms with Crippen LogP contribution in [0.5, 0.6) is 5.75 Å². The second-order valence-electron chi connectivity index (χ2n) is 5.82. The molecule has 2 aromatic carbocycles. The average molecular weight is 325 g/mol. The zero-order chi connectivity index (χ0) is 16.8. The first-order chi connectivity index (χ1) is 11.8. The number of rotatable bonds is 5. The minimum absolute atomic E-state index is 0.0117. The van der Waals surface area contributed by atoms with E-state index < -0.39 is 0 Å². The summed E-state index contributed by atoms with van der Waals surface area (Å²) in [7, 11) is 1.64. The van der Waals surface area contributed by atoms with E-state index in [1.54, 1.807) is 7.11 Å². The number of hydrogen-bond acceptors (Lipinski definition) is 4. The van der Waals surface area contributed by atoms with E-state index in [1.807, 2.05) is 36.4 Å². The Labute approximate surface area is 142 Å². The Morgan fingerprint density at radius 1 is 1.21 bits per heavy atom. The van der Waals surface area contributed by atoms with Gasteiger partial charge in [-0.2, -0.15) is 0 Å². The van der Waals surface area contributed by atoms with Crippen molar-refractivity contribution < 1.29 is 9.53 Å². The first kappa shape index (κ1) is 16.3. The molecule has 0 spiro atoms. The van der Waals surface area contributed by atoms with Crippen molar-refractivity contribution in [2.24, 2.45) is 0 Å². The molecule has 126 valence electrons. The monoisotopic (exact) mass is 325 g/mol. The fourth-order valence-corrected chi connectivity index (χ4v) is 2.96. The quantitative estimate of drug-likeness (QED) is 0.882. The van der Waals surface area contributed by atoms with E-state index in [1.165, 1.54) is 5.56 Å². The first-order valence-electron chi connectivity index (χ1n) is 8.20. The minimum atomic E-state index is 0.0117. The van der Waals surface area contributed by atoms with Gasteiger partial charge in [0.2, 0.25) is 5.91 Å². The summed E-state index contributed by atoms with van der Waals surface area (Å²) in [6.45, 7) is 3.35. The van der Waals surface area contributed by atoms with Crippen LogP contribution in [0.25, 0.3) is 0 Å². The SMILES string of the molecule is COc1ccccc1CNC(=O)CN1CCNCc2ccccc21. The van der Waals surface area contributed by atoms with Crippen molar-refractivity contribution in [1.29, 1.82) is 0 Å². The van der Waals surface area contributed by atoms with Crippen LogP contribution in [-0.2, 0) is 17.9 Å². The lowest BCUT2D eigenvalue weighted by Crippen LogP contribution is -2.39. The van der Waals surface area contributed by atoms with Crippen LogP contribution in [0.2, 0.25) is 0 Å². The van der Waals surface area contributed by atoms with Crippen LogP contribution in [0.1, 0.15) is 11.1 Å². The number of amides is 1. The average Bonchev–Trinajstić information content (AvgIpc) is 2.83. The molecule has 0 aliphatic carbocycles. The summed E-state index contributed by atoms with van der Waals surface area (Å²) in [5.74, 6) is 0.805. The van der Waals surface area contributed by atoms with Crippen molar-refractivity contribution in [1.82, 2.24) is 10.6 Å². The maximum absolute atomic E-state index is 12.4. The van der Waals surface area contributed by atoms with Gasteiger partial charge < -0.3 is 20.3 Å². The molecular formula is C19H23N3O2. The number of carbonyl (C=O) groups excluding carboxylic acids is 1. The third-order valence-electron chi connectivity index (χ3n) is 4.21. The number of para-hydroxylation sites is 2. The number of ether oxygens (including phenoxy) is 1. The fourth-order valence-electron chi connectivity index (χ4n) is 2.96. The summed E-state index contributed by atoms with van der Waals surface area (Å²) in [5, 5.41) is 6.38. The molecule has 0 aromatic heterocycles. The number of nitrogens with one attached hydrogen (secondary N) is 2. The largest absolute Gasteiger partial charge is 0.496 e. The third-order valence-corrected chi connectivity index (χ3v) is 4.21. The molecule has 2 N–H and O–H groups in total. The lowest BCUT2D eigenvalue weighted by molar-refractivity contribution is -0.119. The first-order valence-corrected chi connectivity index (χ1v) is 8.20. The Kier molecular flexibility index (Phi) is 5.33. The summed E-state index contributed by atoms with van der Waals surface area (Å²) in [4.78, 5) is 14.5. The van der Waals surface area contributed by atoms with E-state index in [4.69, 9.17) is 4.74 Å². The van der Waals surface area contributed by atoms with Crippen LogP contribution in [0.3, 0.4) is 0 Å². The highest BCUT2D eigenvalue weighted by Gasteiger charge is 2.17. The molecule has 2 aromatic rings. The zero-order valence-electron chi connectivity index (χ0n) is 13.9. The molecule has 1 aliphatic rings. The van der Waals surface area contributed by atoms with Gasteiger partial charge in [-0.15, -0.1) is 0 Å². The molecule has 0 saturated carbocycles. The highest BCUT2D eigenvalue weighted by molar-refractivity contribution is 5.81. The van der Waals surface area contributed by atoms with E-state index in [0.717, 1.165) is 36.6 Å². The van der Waals surface area contributed by atoms with Gasteiger partial charge in [0.1, 0.15) is 5.75 Å². The lowest BCUT2D eigenvalue weighted by atomic mass is 10.1. The van der Waals surface area contributed by atoms with Gasteiger partial charge in [-0.3, -0.25) is 4.79 Å². The second kappa shape index (κ2) is 7.84. The van der Waals surface area contributed by atoms with Gasteiger partial charge in [-0.1, -0.05) is 36.4 Å². The molecule has 0 unspecified atom stereocenters. The smallest absolute Gasteiger partial charge is 0.239 e. The molecule has 1 amide bonds. The normalized spacial score (nSPS) is 13.8. The van der Waals surface area contributed by atoms with Gasteiger partial charge in [0.25, 0.3) is 0 Å². The van der Waals surface area contributed by atoms with Crippen LogP contribution in [0.15, 0.2) is 48.5 Å². The van der Waals surface area contributed by atoms with E-state index in [2.05, 4.69) is 27.7 Å². The van der Waals surface area contributed by atoms with Crippen LogP contribution in [0, 0.1) is 0 Å². The van der Waals surface area contributed by atoms with Gasteiger partial charge >= 0.3 is 0 Å². The van der Waals surface area contributed by atoms with Crippen molar-refractivity contribution in [3.8, 4) is 5.75 Å². The Morgan fingerprint density at radius 2 is 2.00 bits per heavy atom. The number of anilines is 1. The lowest BCUT2D eigenvalue weighted by Gasteiger charge is -2.24. The van der Waals surface area contributed by atoms with Crippen molar-refractivity contribution >= 4 is 11.6 Å². The summed E-state index contributed by atoms with van der Waals surface area (Å²) in [5.41, 5.74) is 3.34. The molecule has 24 heavy (non-hydrogen) atoms. The Morgan fingerprint density at radius 3 is 2.88 bits per heavy atom. The van der Waals surface area contributed by atoms with Gasteiger partial charge in [0.15, 0.2) is 0 Å². The molecule has 0 saturated heterocycles. The molecule has 5 heteroatoms. The van der Waals surface area contributed by atoms with E-state index in [0.29, 0.717) is 13.1 Å². The predicted octanol–water partition coefficient (Wildman–Crippen LogP) is 1.92. The number of hydrogen-bond donors (Lipinski definition) is 2. The van der Waals surface area contributed by atoms with Crippen molar-refractivity contribution in [2.45, 2.75) is 13.1 Å². The molecule has 0 atom stereocenters. The van der Waals surface area contributed by atoms with Gasteiger partial charge in [-0.25, -0.2) is 0 Å². The standard InChI is InChI=1S/C19H23N3O2/c1-24-18-9-5-3-7-16(18)13-21-19(23)14-22-11-10-20-12-15-6-2-4-8-17(15)22/h2-9,20H,10-14H2,1H3,(H,21,23). The van der Waals surface area contributed by atoms with E-state index in [9.17, 15) is 4.79 Å². The molecule has 0 radical (unpaired) electrons. The maximum Gasteiger partial charge on any atom is 0.239 e. The third kappa shape index (κ3) is 3.86. The molecule has 1 aliphatic heterocycles. The number of fused-ring (bicyclic) bond motifs is 1. The molecule has 0 fully saturated rings. The number of carbonyl (C=O) groups is 1. The Hall–Kier alpha value is -2.53. The topological polar surface area (TPSA) is 53.6 Å². The van der Waals surface area contributed by atoms with Crippen LogP contribution in [0.4, 0.5) is 5.69 Å². The van der Waals surface area contributed by atoms with Gasteiger partial charge in [0.05, 0.1) is 13.7 Å². The van der Waals surface area contributed by atoms with Crippen LogP contribution >= 0.6 is 0 Å². The summed E-state index contributed by atoms with van der Waals surface area (Å²) >= 11 is 0. The highest BCUT2D eigenvalue weighted by atomic mass is 16.5. The molecule has 1 heterocycles. The highest BCUT2D eigenvalue weighted by Crippen LogP contribution is 2.21. The molecule has 0 bridgehead atoms. The van der Waals surface area contributed by atoms with Gasteiger partial charge in [0, 0.05) is 37.4 Å². The molecule has 3 rings (SSSR count). The van der Waals surface area contributed by atoms with Crippen molar-refractivity contribution in [2.75, 3.05) is 31.6 Å². The summed E-state index contributed by atoms with van der Waals surface area (Å²) in [6, 6.07) is 16.0. The van der Waals surface area contributed by atoms with Crippen molar-refractivity contribution in [3.63, 3.8) is 0 Å². The maximum atomic E-state index is 12.4. The molecule has 5 nitrogen and oxygen atoms in total. The fraction of sp³-hybridized carbons (Fsp3) is 0.316. The van der Waals surface area contributed by atoms with Gasteiger partial charge in [-0.05, 0) is 17.7 Å². The summed E-state index contributed by atoms with van der Waals surface area (Å²) in [6.07, 6.45) is 0. The predicted molar refractivity (Wildman–Crippen MR) is 95.2 cm³/mol. The van der Waals surface area contributed by atoms with E-state index in [-0.39, 0.29) is 5.91 Å². The number of methoxy groups -OCH3 is 1. The Balaban J connectivity index is 1.63. The minimum Gasteiger partial charge on any atom is -0.496 e. The van der Waals surface area contributed by atoms with Crippen molar-refractivity contribution in [3.05, 3.63) is 59.7 Å². The van der Waals surface area contributed by atoms with E-state index >= 15 is 0 Å². The summed E-state index contributed by atoms with van der Waals surface area (Å²) < 4.78 is 5.32. The van der Waals surface area contributed by atoms with Crippen LogP contribution in [-0.4, -0.2) is 32.7 Å². The molecular weight excluding hydrogens is 302 g/mol. The zero-order valence-corrected chi connectivity index (χ0v) is 13.9. The van der Waals surface area contributed by atoms with Crippen LogP contribution < -0.4 is 20.3 Å². The number of nitrogens with zero attached hydrogens (tertiary/aromatic N) is 1. The Bertz CT molecular complexity index is 703.